The molecule has 0 radical (unpaired) electrons. The van der Waals surface area contributed by atoms with Crippen LogP contribution in [-0.4, -0.2) is 47.1 Å². The number of nitrogens with one attached hydrogen (secondary N) is 4. The third-order valence-corrected chi connectivity index (χ3v) is 7.19. The fourth-order valence-electron chi connectivity index (χ4n) is 4.59. The first kappa shape index (κ1) is 26.9. The molecule has 0 aliphatic heterocycles. The second kappa shape index (κ2) is 12.9. The third-order valence-electron chi connectivity index (χ3n) is 6.68. The predicted molar refractivity (Wildman–Crippen MR) is 154 cm³/mol. The number of anilines is 1. The van der Waals surface area contributed by atoms with Gasteiger partial charge in [0.25, 0.3) is 5.91 Å². The Kier molecular flexibility index (Phi) is 9.33. The number of hydrogen-bond acceptors (Lipinski definition) is 5. The molecule has 9 heteroatoms. The molecule has 194 valence electrons. The Bertz CT molecular complexity index is 1200. The van der Waals surface area contributed by atoms with E-state index < -0.39 is 0 Å². The largest absolute Gasteiger partial charge is 0.351 e. The number of halogens is 1. The van der Waals surface area contributed by atoms with E-state index in [0.717, 1.165) is 32.5 Å². The van der Waals surface area contributed by atoms with Gasteiger partial charge in [0.15, 0.2) is 10.9 Å². The number of thiocarbonyl (C=S) groups is 1. The number of carbonyl (C=O) groups is 1. The average Bonchev–Trinajstić information content (AvgIpc) is 3.07. The van der Waals surface area contributed by atoms with Crippen LogP contribution in [0.1, 0.15) is 52.5 Å². The first-order valence-corrected chi connectivity index (χ1v) is 13.4. The van der Waals surface area contributed by atoms with Crippen LogP contribution < -0.4 is 21.5 Å². The number of aromatic nitrogens is 1. The van der Waals surface area contributed by atoms with Gasteiger partial charge in [-0.05, 0) is 66.5 Å². The summed E-state index contributed by atoms with van der Waals surface area (Å²) in [4.78, 5) is 19.0. The summed E-state index contributed by atoms with van der Waals surface area (Å²) in [6.45, 7) is 7.46. The first-order chi connectivity index (χ1) is 18.0. The minimum absolute atomic E-state index is 0.0810. The number of carbonyl (C=O) groups excluding carboxylic acids is 1. The Morgan fingerprint density at radius 1 is 1.05 bits per heavy atom. The second-order valence-corrected chi connectivity index (χ2v) is 9.71. The fraction of sp³-hybridized carbons (Fsp3) is 0.321. The fourth-order valence-corrected chi connectivity index (χ4v) is 4.97. The van der Waals surface area contributed by atoms with Crippen LogP contribution in [0, 0.1) is 0 Å². The smallest absolute Gasteiger partial charge is 0.252 e. The Labute approximate surface area is 229 Å². The molecule has 0 bridgehead atoms. The van der Waals surface area contributed by atoms with E-state index in [1.54, 1.807) is 6.07 Å². The van der Waals surface area contributed by atoms with E-state index in [1.807, 2.05) is 0 Å². The van der Waals surface area contributed by atoms with Crippen LogP contribution >= 0.6 is 23.8 Å². The lowest BCUT2D eigenvalue weighted by molar-refractivity contribution is 0.0948. The van der Waals surface area contributed by atoms with Crippen LogP contribution in [0.25, 0.3) is 0 Å². The average molecular weight is 537 g/mol. The molecule has 0 unspecified atom stereocenters. The van der Waals surface area contributed by atoms with Gasteiger partial charge in [0, 0.05) is 19.3 Å². The molecular formula is C28H33ClN6OS. The van der Waals surface area contributed by atoms with Crippen LogP contribution in [0.5, 0.6) is 0 Å². The Balaban J connectivity index is 1.38. The molecule has 0 fully saturated rings. The Morgan fingerprint density at radius 3 is 2.27 bits per heavy atom. The maximum Gasteiger partial charge on any atom is 0.252 e. The first-order valence-electron chi connectivity index (χ1n) is 12.6. The highest BCUT2D eigenvalue weighted by atomic mass is 35.5. The summed E-state index contributed by atoms with van der Waals surface area (Å²) in [5.74, 6) is 0.177. The number of benzene rings is 2. The van der Waals surface area contributed by atoms with E-state index in [2.05, 4.69) is 93.7 Å². The molecular weight excluding hydrogens is 504 g/mol. The molecule has 1 heterocycles. The molecule has 4 rings (SSSR count). The van der Waals surface area contributed by atoms with Gasteiger partial charge in [0.2, 0.25) is 0 Å². The topological polar surface area (TPSA) is 81.3 Å². The maximum atomic E-state index is 12.5. The number of amides is 1. The van der Waals surface area contributed by atoms with Gasteiger partial charge in [0.05, 0.1) is 16.6 Å². The minimum Gasteiger partial charge on any atom is -0.351 e. The van der Waals surface area contributed by atoms with Crippen molar-refractivity contribution in [1.29, 1.82) is 0 Å². The van der Waals surface area contributed by atoms with Gasteiger partial charge in [-0.1, -0.05) is 74.0 Å². The van der Waals surface area contributed by atoms with Crippen LogP contribution in [0.4, 0.5) is 5.82 Å². The summed E-state index contributed by atoms with van der Waals surface area (Å²) in [7, 11) is 0. The summed E-state index contributed by atoms with van der Waals surface area (Å²) in [6, 6.07) is 18.4. The molecule has 0 spiro atoms. The minimum atomic E-state index is -0.205. The van der Waals surface area contributed by atoms with E-state index in [1.165, 1.54) is 28.5 Å². The monoisotopic (exact) mass is 536 g/mol. The molecule has 0 saturated heterocycles. The molecule has 1 aliphatic carbocycles. The summed E-state index contributed by atoms with van der Waals surface area (Å²) in [5, 5.41) is 7.09. The highest BCUT2D eigenvalue weighted by Gasteiger charge is 2.24. The lowest BCUT2D eigenvalue weighted by atomic mass is 9.95. The Morgan fingerprint density at radius 2 is 1.68 bits per heavy atom. The van der Waals surface area contributed by atoms with Crippen LogP contribution in [0.3, 0.4) is 0 Å². The van der Waals surface area contributed by atoms with Crippen molar-refractivity contribution in [3.63, 3.8) is 0 Å². The number of rotatable bonds is 9. The summed E-state index contributed by atoms with van der Waals surface area (Å²) >= 11 is 12.0. The van der Waals surface area contributed by atoms with Crippen molar-refractivity contribution in [2.45, 2.75) is 32.7 Å². The molecule has 1 aromatic heterocycles. The van der Waals surface area contributed by atoms with Crippen molar-refractivity contribution in [3.05, 3.63) is 93.6 Å². The quantitative estimate of drug-likeness (QED) is 0.237. The number of likely N-dealkylation sites (N-methyl/N-ethyl adjacent to an activating group) is 1. The van der Waals surface area contributed by atoms with E-state index in [0.29, 0.717) is 28.1 Å². The number of pyridine rings is 1. The van der Waals surface area contributed by atoms with E-state index in [-0.39, 0.29) is 11.9 Å². The van der Waals surface area contributed by atoms with E-state index in [9.17, 15) is 4.79 Å². The van der Waals surface area contributed by atoms with Gasteiger partial charge in [-0.25, -0.2) is 4.98 Å². The zero-order chi connectivity index (χ0) is 26.2. The third kappa shape index (κ3) is 6.77. The molecule has 1 aliphatic rings. The molecule has 37 heavy (non-hydrogen) atoms. The van der Waals surface area contributed by atoms with Gasteiger partial charge in [-0.15, -0.1) is 0 Å². The molecule has 7 nitrogen and oxygen atoms in total. The summed E-state index contributed by atoms with van der Waals surface area (Å²) in [6.07, 6.45) is 3.47. The van der Waals surface area contributed by atoms with Crippen LogP contribution in [-0.2, 0) is 12.8 Å². The number of fused-ring (bicyclic) bond motifs is 2. The lowest BCUT2D eigenvalue weighted by Crippen LogP contribution is -2.41. The SMILES string of the molecule is CCN(CC)CCNC(=O)c1cnc(NNC(=S)NC2c3ccccc3CCc3ccccc32)c(Cl)c1. The molecule has 3 aromatic rings. The zero-order valence-electron chi connectivity index (χ0n) is 21.2. The molecule has 2 aromatic carbocycles. The highest BCUT2D eigenvalue weighted by molar-refractivity contribution is 7.80. The molecule has 4 N–H and O–H groups in total. The summed E-state index contributed by atoms with van der Waals surface area (Å²) < 4.78 is 0. The van der Waals surface area contributed by atoms with Gasteiger partial charge >= 0.3 is 0 Å². The molecule has 0 atom stereocenters. The highest BCUT2D eigenvalue weighted by Crippen LogP contribution is 2.32. The normalized spacial score (nSPS) is 12.8. The van der Waals surface area contributed by atoms with Crippen molar-refractivity contribution in [2.75, 3.05) is 31.6 Å². The van der Waals surface area contributed by atoms with Crippen molar-refractivity contribution < 1.29 is 4.79 Å². The lowest BCUT2D eigenvalue weighted by Gasteiger charge is -2.24. The number of hydrazine groups is 1. The van der Waals surface area contributed by atoms with Crippen molar-refractivity contribution in [3.8, 4) is 0 Å². The second-order valence-electron chi connectivity index (χ2n) is 8.89. The number of aryl methyl sites for hydroxylation is 2. The molecule has 1 amide bonds. The molecule has 0 saturated carbocycles. The zero-order valence-corrected chi connectivity index (χ0v) is 22.8. The van der Waals surface area contributed by atoms with Crippen molar-refractivity contribution in [2.24, 2.45) is 0 Å². The van der Waals surface area contributed by atoms with Crippen molar-refractivity contribution >= 4 is 40.7 Å². The van der Waals surface area contributed by atoms with Gasteiger partial charge in [-0.2, -0.15) is 0 Å². The van der Waals surface area contributed by atoms with Gasteiger partial charge in [0.1, 0.15) is 0 Å². The summed E-state index contributed by atoms with van der Waals surface area (Å²) in [5.41, 5.74) is 11.4. The predicted octanol–water partition coefficient (Wildman–Crippen LogP) is 4.49. The number of hydrogen-bond donors (Lipinski definition) is 4. The van der Waals surface area contributed by atoms with E-state index >= 15 is 0 Å². The van der Waals surface area contributed by atoms with Crippen LogP contribution in [0.2, 0.25) is 5.02 Å². The standard InChI is InChI=1S/C28H33ClN6OS/c1-3-35(4-2)16-15-30-27(36)21-17-24(29)26(31-18-21)33-34-28(37)32-25-22-11-7-5-9-19(22)13-14-20-10-6-8-12-23(20)25/h5-12,17-18,25H,3-4,13-16H2,1-2H3,(H,30,36)(H,31,33)(H2,32,34,37). The number of nitrogens with zero attached hydrogens (tertiary/aromatic N) is 2. The van der Waals surface area contributed by atoms with Gasteiger partial charge < -0.3 is 15.5 Å². The maximum absolute atomic E-state index is 12.5. The van der Waals surface area contributed by atoms with E-state index in [4.69, 9.17) is 23.8 Å². The van der Waals surface area contributed by atoms with Gasteiger partial charge in [-0.3, -0.25) is 15.6 Å². The Hall–Kier alpha value is -3.20. The van der Waals surface area contributed by atoms with Crippen LogP contribution in [0.15, 0.2) is 60.8 Å². The van der Waals surface area contributed by atoms with Crippen molar-refractivity contribution in [1.82, 2.24) is 25.9 Å².